The lowest BCUT2D eigenvalue weighted by atomic mass is 9.90. The van der Waals surface area contributed by atoms with Gasteiger partial charge in [-0.25, -0.2) is 4.79 Å². The maximum Gasteiger partial charge on any atom is 0.339 e. The van der Waals surface area contributed by atoms with Crippen molar-refractivity contribution in [2.24, 2.45) is 0 Å². The van der Waals surface area contributed by atoms with Crippen molar-refractivity contribution < 1.29 is 19.0 Å². The van der Waals surface area contributed by atoms with E-state index in [9.17, 15) is 4.79 Å². The Labute approximate surface area is 132 Å². The smallest absolute Gasteiger partial charge is 0.339 e. The van der Waals surface area contributed by atoms with E-state index in [1.165, 1.54) is 0 Å². The Bertz CT molecular complexity index is 975. The van der Waals surface area contributed by atoms with Crippen LogP contribution in [0, 0.1) is 0 Å². The van der Waals surface area contributed by atoms with Crippen LogP contribution in [0.1, 0.15) is 15.9 Å². The lowest BCUT2D eigenvalue weighted by molar-refractivity contribution is 0.0535. The Morgan fingerprint density at radius 1 is 0.826 bits per heavy atom. The third-order valence-electron chi connectivity index (χ3n) is 4.36. The van der Waals surface area contributed by atoms with Gasteiger partial charge in [-0.05, 0) is 34.5 Å². The van der Waals surface area contributed by atoms with Crippen LogP contribution in [0.5, 0.6) is 11.5 Å². The number of rotatable bonds is 1. The van der Waals surface area contributed by atoms with Gasteiger partial charge in [-0.1, -0.05) is 30.3 Å². The van der Waals surface area contributed by atoms with Gasteiger partial charge in [0.25, 0.3) is 0 Å². The molecule has 0 atom stereocenters. The van der Waals surface area contributed by atoms with Crippen molar-refractivity contribution in [1.82, 2.24) is 0 Å². The normalized spacial score (nSPS) is 14.9. The van der Waals surface area contributed by atoms with Crippen LogP contribution < -0.4 is 9.47 Å². The molecule has 4 nitrogen and oxygen atoms in total. The highest BCUT2D eigenvalue weighted by Gasteiger charge is 2.28. The number of ether oxygens (including phenoxy) is 3. The molecule has 112 valence electrons. The molecule has 3 aromatic carbocycles. The van der Waals surface area contributed by atoms with E-state index in [1.807, 2.05) is 42.5 Å². The summed E-state index contributed by atoms with van der Waals surface area (Å²) < 4.78 is 16.1. The number of hydrogen-bond acceptors (Lipinski definition) is 4. The van der Waals surface area contributed by atoms with E-state index in [-0.39, 0.29) is 12.8 Å². The molecule has 3 aromatic rings. The minimum atomic E-state index is -0.265. The van der Waals surface area contributed by atoms with Gasteiger partial charge >= 0.3 is 5.97 Å². The second kappa shape index (κ2) is 4.49. The maximum absolute atomic E-state index is 12.3. The van der Waals surface area contributed by atoms with Crippen molar-refractivity contribution in [2.45, 2.75) is 6.61 Å². The van der Waals surface area contributed by atoms with E-state index in [4.69, 9.17) is 14.2 Å². The summed E-state index contributed by atoms with van der Waals surface area (Å²) in [6, 6.07) is 15.9. The molecule has 2 aliphatic rings. The first-order valence-corrected chi connectivity index (χ1v) is 7.43. The Hall–Kier alpha value is -3.01. The molecule has 0 fully saturated rings. The van der Waals surface area contributed by atoms with E-state index in [0.29, 0.717) is 17.9 Å². The SMILES string of the molecule is O=C1OCc2cc3ccccc3c(-c3ccc4c(c3)OCO4)c21. The predicted octanol–water partition coefficient (Wildman–Crippen LogP) is 3.91. The average molecular weight is 304 g/mol. The predicted molar refractivity (Wildman–Crippen MR) is 84.6 cm³/mol. The van der Waals surface area contributed by atoms with Gasteiger partial charge in [-0.15, -0.1) is 0 Å². The first kappa shape index (κ1) is 12.5. The van der Waals surface area contributed by atoms with Crippen LogP contribution in [0.3, 0.4) is 0 Å². The summed E-state index contributed by atoms with van der Waals surface area (Å²) >= 11 is 0. The van der Waals surface area contributed by atoms with Crippen molar-refractivity contribution in [3.63, 3.8) is 0 Å². The molecule has 0 aromatic heterocycles. The number of cyclic esters (lactones) is 1. The monoisotopic (exact) mass is 304 g/mol. The number of carbonyl (C=O) groups excluding carboxylic acids is 1. The van der Waals surface area contributed by atoms with Gasteiger partial charge in [0.2, 0.25) is 6.79 Å². The lowest BCUT2D eigenvalue weighted by Crippen LogP contribution is -1.98. The van der Waals surface area contributed by atoms with Crippen molar-refractivity contribution in [1.29, 1.82) is 0 Å². The molecular formula is C19H12O4. The highest BCUT2D eigenvalue weighted by molar-refractivity contribution is 6.10. The fourth-order valence-corrected chi connectivity index (χ4v) is 3.32. The van der Waals surface area contributed by atoms with Gasteiger partial charge in [0.15, 0.2) is 11.5 Å². The van der Waals surface area contributed by atoms with Crippen molar-refractivity contribution in [2.75, 3.05) is 6.79 Å². The molecule has 2 aliphatic heterocycles. The number of benzene rings is 3. The number of esters is 1. The van der Waals surface area contributed by atoms with E-state index in [1.54, 1.807) is 0 Å². The largest absolute Gasteiger partial charge is 0.457 e. The van der Waals surface area contributed by atoms with Crippen molar-refractivity contribution in [3.8, 4) is 22.6 Å². The van der Waals surface area contributed by atoms with Gasteiger partial charge < -0.3 is 14.2 Å². The molecule has 23 heavy (non-hydrogen) atoms. The standard InChI is InChI=1S/C19H12O4/c20-19-18-13(9-21-19)7-11-3-1-2-4-14(11)17(18)12-5-6-15-16(8-12)23-10-22-15/h1-8H,9-10H2. The molecule has 0 aliphatic carbocycles. The van der Waals surface area contributed by atoms with Gasteiger partial charge in [0, 0.05) is 11.1 Å². The van der Waals surface area contributed by atoms with Crippen LogP contribution in [-0.4, -0.2) is 12.8 Å². The van der Waals surface area contributed by atoms with Crippen LogP contribution in [0.2, 0.25) is 0 Å². The van der Waals surface area contributed by atoms with Gasteiger partial charge in [0.1, 0.15) is 6.61 Å². The third-order valence-corrected chi connectivity index (χ3v) is 4.36. The quantitative estimate of drug-likeness (QED) is 0.639. The highest BCUT2D eigenvalue weighted by Crippen LogP contribution is 2.42. The third kappa shape index (κ3) is 1.75. The molecular weight excluding hydrogens is 292 g/mol. The summed E-state index contributed by atoms with van der Waals surface area (Å²) in [5, 5.41) is 2.13. The summed E-state index contributed by atoms with van der Waals surface area (Å²) in [6.07, 6.45) is 0. The highest BCUT2D eigenvalue weighted by atomic mass is 16.7. The molecule has 0 unspecified atom stereocenters. The first-order valence-electron chi connectivity index (χ1n) is 7.43. The van der Waals surface area contributed by atoms with E-state index in [2.05, 4.69) is 6.07 Å². The molecule has 0 spiro atoms. The zero-order chi connectivity index (χ0) is 15.4. The fraction of sp³-hybridized carbons (Fsp3) is 0.105. The van der Waals surface area contributed by atoms with Crippen molar-refractivity contribution in [3.05, 3.63) is 59.7 Å². The molecule has 5 rings (SSSR count). The van der Waals surface area contributed by atoms with Crippen LogP contribution in [0.15, 0.2) is 48.5 Å². The maximum atomic E-state index is 12.3. The molecule has 2 heterocycles. The number of fused-ring (bicyclic) bond motifs is 3. The number of hydrogen-bond donors (Lipinski definition) is 0. The first-order chi connectivity index (χ1) is 11.3. The molecule has 0 amide bonds. The summed E-state index contributed by atoms with van der Waals surface area (Å²) in [4.78, 5) is 12.3. The van der Waals surface area contributed by atoms with Crippen LogP contribution in [-0.2, 0) is 11.3 Å². The molecule has 4 heteroatoms. The Kier molecular flexibility index (Phi) is 2.45. The Morgan fingerprint density at radius 2 is 1.70 bits per heavy atom. The zero-order valence-electron chi connectivity index (χ0n) is 12.2. The summed E-state index contributed by atoms with van der Waals surface area (Å²) in [5.41, 5.74) is 3.42. The van der Waals surface area contributed by atoms with Gasteiger partial charge in [-0.3, -0.25) is 0 Å². The van der Waals surface area contributed by atoms with E-state index < -0.39 is 0 Å². The molecule has 0 saturated heterocycles. The summed E-state index contributed by atoms with van der Waals surface area (Å²) in [5.74, 6) is 1.17. The zero-order valence-corrected chi connectivity index (χ0v) is 12.2. The lowest BCUT2D eigenvalue weighted by Gasteiger charge is -2.11. The van der Waals surface area contributed by atoms with Gasteiger partial charge in [-0.2, -0.15) is 0 Å². The Morgan fingerprint density at radius 3 is 2.65 bits per heavy atom. The average Bonchev–Trinajstić information content (AvgIpc) is 3.19. The second-order valence-electron chi connectivity index (χ2n) is 5.65. The minimum Gasteiger partial charge on any atom is -0.457 e. The topological polar surface area (TPSA) is 44.8 Å². The Balaban J connectivity index is 1.87. The number of carbonyl (C=O) groups is 1. The molecule has 0 N–H and O–H groups in total. The summed E-state index contributed by atoms with van der Waals surface area (Å²) in [7, 11) is 0. The molecule has 0 radical (unpaired) electrons. The summed E-state index contributed by atoms with van der Waals surface area (Å²) in [6.45, 7) is 0.561. The minimum absolute atomic E-state index is 0.231. The van der Waals surface area contributed by atoms with E-state index in [0.717, 1.165) is 33.2 Å². The van der Waals surface area contributed by atoms with Crippen LogP contribution in [0.4, 0.5) is 0 Å². The fourth-order valence-electron chi connectivity index (χ4n) is 3.32. The second-order valence-corrected chi connectivity index (χ2v) is 5.65. The molecule has 0 saturated carbocycles. The molecule has 0 bridgehead atoms. The van der Waals surface area contributed by atoms with Crippen LogP contribution in [0.25, 0.3) is 21.9 Å². The van der Waals surface area contributed by atoms with Gasteiger partial charge in [0.05, 0.1) is 5.56 Å². The van der Waals surface area contributed by atoms with E-state index >= 15 is 0 Å². The van der Waals surface area contributed by atoms with Crippen LogP contribution >= 0.6 is 0 Å². The van der Waals surface area contributed by atoms with Crippen molar-refractivity contribution >= 4 is 16.7 Å².